The number of aromatic nitrogens is 2. The number of nitrogens with zero attached hydrogens (tertiary/aromatic N) is 2. The highest BCUT2D eigenvalue weighted by Crippen LogP contribution is 2.26. The number of amides is 1. The van der Waals surface area contributed by atoms with Crippen LogP contribution < -0.4 is 10.1 Å². The summed E-state index contributed by atoms with van der Waals surface area (Å²) in [5.74, 6) is 1.52. The van der Waals surface area contributed by atoms with Crippen LogP contribution in [0.3, 0.4) is 0 Å². The molecule has 158 valence electrons. The van der Waals surface area contributed by atoms with Crippen LogP contribution in [0.25, 0.3) is 11.0 Å². The summed E-state index contributed by atoms with van der Waals surface area (Å²) in [6.07, 6.45) is 1.36. The quantitative estimate of drug-likeness (QED) is 0.614. The Hall–Kier alpha value is -2.57. The molecule has 0 radical (unpaired) electrons. The number of hydrogen-bond donors (Lipinski definition) is 1. The summed E-state index contributed by atoms with van der Waals surface area (Å²) in [6.45, 7) is 6.05. The van der Waals surface area contributed by atoms with Crippen LogP contribution in [0.2, 0.25) is 5.02 Å². The van der Waals surface area contributed by atoms with Gasteiger partial charge in [0.05, 0.1) is 24.1 Å². The lowest BCUT2D eigenvalue weighted by atomic mass is 10.1. The molecule has 3 aromatic rings. The van der Waals surface area contributed by atoms with E-state index >= 15 is 0 Å². The molecule has 0 bridgehead atoms. The number of imidazole rings is 1. The maximum absolute atomic E-state index is 12.3. The fourth-order valence-electron chi connectivity index (χ4n) is 3.82. The molecule has 2 heterocycles. The van der Waals surface area contributed by atoms with Gasteiger partial charge in [0.1, 0.15) is 24.3 Å². The highest BCUT2D eigenvalue weighted by atomic mass is 35.5. The van der Waals surface area contributed by atoms with Crippen LogP contribution in [-0.2, 0) is 22.6 Å². The Bertz CT molecular complexity index is 1030. The molecule has 1 amide bonds. The van der Waals surface area contributed by atoms with Crippen LogP contribution in [0.15, 0.2) is 36.4 Å². The molecule has 7 heteroatoms. The molecular formula is C23H26ClN3O3. The number of carbonyl (C=O) groups excluding carboxylic acids is 1. The first kappa shape index (κ1) is 20.7. The number of fused-ring (bicyclic) bond motifs is 1. The van der Waals surface area contributed by atoms with Crippen molar-refractivity contribution < 1.29 is 14.3 Å². The van der Waals surface area contributed by atoms with Crippen LogP contribution in [0.1, 0.15) is 29.8 Å². The summed E-state index contributed by atoms with van der Waals surface area (Å²) in [5.41, 5.74) is 3.91. The van der Waals surface area contributed by atoms with E-state index in [-0.39, 0.29) is 12.0 Å². The Morgan fingerprint density at radius 1 is 1.30 bits per heavy atom. The Labute approximate surface area is 181 Å². The summed E-state index contributed by atoms with van der Waals surface area (Å²) in [7, 11) is 0. The van der Waals surface area contributed by atoms with E-state index < -0.39 is 0 Å². The van der Waals surface area contributed by atoms with E-state index in [1.807, 2.05) is 50.2 Å². The monoisotopic (exact) mass is 427 g/mol. The van der Waals surface area contributed by atoms with Gasteiger partial charge in [-0.15, -0.1) is 0 Å². The molecule has 6 nitrogen and oxygen atoms in total. The van der Waals surface area contributed by atoms with E-state index in [1.165, 1.54) is 0 Å². The van der Waals surface area contributed by atoms with Gasteiger partial charge in [0.15, 0.2) is 0 Å². The van der Waals surface area contributed by atoms with Crippen LogP contribution in [-0.4, -0.2) is 34.8 Å². The number of carbonyl (C=O) groups is 1. The van der Waals surface area contributed by atoms with Crippen LogP contribution in [0.5, 0.6) is 5.75 Å². The van der Waals surface area contributed by atoms with Gasteiger partial charge in [-0.1, -0.05) is 23.7 Å². The molecule has 1 N–H and O–H groups in total. The van der Waals surface area contributed by atoms with E-state index in [0.717, 1.165) is 51.6 Å². The van der Waals surface area contributed by atoms with E-state index in [9.17, 15) is 4.79 Å². The molecule has 1 fully saturated rings. The average Bonchev–Trinajstić information content (AvgIpc) is 3.39. The Kier molecular flexibility index (Phi) is 6.25. The van der Waals surface area contributed by atoms with Crippen molar-refractivity contribution >= 4 is 28.5 Å². The minimum Gasteiger partial charge on any atom is -0.492 e. The second-order valence-electron chi connectivity index (χ2n) is 7.61. The maximum Gasteiger partial charge on any atom is 0.249 e. The first-order valence-corrected chi connectivity index (χ1v) is 10.6. The summed E-state index contributed by atoms with van der Waals surface area (Å²) >= 11 is 6.25. The predicted molar refractivity (Wildman–Crippen MR) is 117 cm³/mol. The van der Waals surface area contributed by atoms with Crippen molar-refractivity contribution in [3.05, 3.63) is 58.4 Å². The lowest BCUT2D eigenvalue weighted by Crippen LogP contribution is -2.34. The fourth-order valence-corrected chi connectivity index (χ4v) is 3.93. The van der Waals surface area contributed by atoms with Gasteiger partial charge >= 0.3 is 0 Å². The predicted octanol–water partition coefficient (Wildman–Crippen LogP) is 4.18. The zero-order valence-corrected chi connectivity index (χ0v) is 18.0. The van der Waals surface area contributed by atoms with Gasteiger partial charge in [0.25, 0.3) is 0 Å². The third-order valence-corrected chi connectivity index (χ3v) is 5.97. The van der Waals surface area contributed by atoms with Crippen molar-refractivity contribution in [2.75, 3.05) is 13.2 Å². The molecule has 1 unspecified atom stereocenters. The molecule has 1 atom stereocenters. The van der Waals surface area contributed by atoms with Gasteiger partial charge in [-0.3, -0.25) is 4.79 Å². The number of benzene rings is 2. The SMILES string of the molecule is Cc1cc(OCCn2c(CNC(=O)C3CCCO3)nc3ccccc32)cc(C)c1Cl. The van der Waals surface area contributed by atoms with Crippen molar-refractivity contribution in [1.82, 2.24) is 14.9 Å². The van der Waals surface area contributed by atoms with Crippen LogP contribution in [0, 0.1) is 13.8 Å². The van der Waals surface area contributed by atoms with E-state index in [0.29, 0.717) is 26.3 Å². The van der Waals surface area contributed by atoms with Crippen LogP contribution in [0.4, 0.5) is 0 Å². The molecule has 1 aliphatic heterocycles. The minimum absolute atomic E-state index is 0.0746. The lowest BCUT2D eigenvalue weighted by Gasteiger charge is -2.14. The van der Waals surface area contributed by atoms with E-state index in [1.54, 1.807) is 0 Å². The summed E-state index contributed by atoms with van der Waals surface area (Å²) in [5, 5.41) is 3.74. The van der Waals surface area contributed by atoms with E-state index in [4.69, 9.17) is 26.1 Å². The highest BCUT2D eigenvalue weighted by molar-refractivity contribution is 6.32. The van der Waals surface area contributed by atoms with E-state index in [2.05, 4.69) is 9.88 Å². The Balaban J connectivity index is 1.46. The number of nitrogens with one attached hydrogen (secondary N) is 1. The van der Waals surface area contributed by atoms with Crippen molar-refractivity contribution in [3.8, 4) is 5.75 Å². The first-order valence-electron chi connectivity index (χ1n) is 10.3. The maximum atomic E-state index is 12.3. The zero-order chi connectivity index (χ0) is 21.1. The third kappa shape index (κ3) is 4.45. The van der Waals surface area contributed by atoms with Crippen LogP contribution >= 0.6 is 11.6 Å². The molecule has 0 spiro atoms. The number of ether oxygens (including phenoxy) is 2. The average molecular weight is 428 g/mol. The molecule has 2 aromatic carbocycles. The Morgan fingerprint density at radius 2 is 2.07 bits per heavy atom. The third-order valence-electron chi connectivity index (χ3n) is 5.37. The second-order valence-corrected chi connectivity index (χ2v) is 7.99. The first-order chi connectivity index (χ1) is 14.5. The minimum atomic E-state index is -0.345. The van der Waals surface area contributed by atoms with Gasteiger partial charge < -0.3 is 19.4 Å². The molecule has 0 aliphatic carbocycles. The summed E-state index contributed by atoms with van der Waals surface area (Å²) < 4.78 is 13.6. The normalized spacial score (nSPS) is 16.2. The van der Waals surface area contributed by atoms with Crippen molar-refractivity contribution in [2.24, 2.45) is 0 Å². The molecule has 1 aliphatic rings. The lowest BCUT2D eigenvalue weighted by molar-refractivity contribution is -0.130. The van der Waals surface area contributed by atoms with Gasteiger partial charge in [-0.25, -0.2) is 4.98 Å². The van der Waals surface area contributed by atoms with Crippen molar-refractivity contribution in [1.29, 1.82) is 0 Å². The standard InChI is InChI=1S/C23H26ClN3O3/c1-15-12-17(13-16(2)22(15)24)29-11-9-27-19-7-4-3-6-18(19)26-21(27)14-25-23(28)20-8-5-10-30-20/h3-4,6-7,12-13,20H,5,8-11,14H2,1-2H3,(H,25,28). The molecule has 1 saturated heterocycles. The highest BCUT2D eigenvalue weighted by Gasteiger charge is 2.23. The summed E-state index contributed by atoms with van der Waals surface area (Å²) in [6, 6.07) is 11.9. The smallest absolute Gasteiger partial charge is 0.249 e. The molecule has 4 rings (SSSR count). The van der Waals surface area contributed by atoms with Gasteiger partial charge in [0.2, 0.25) is 5.91 Å². The molecule has 0 saturated carbocycles. The van der Waals surface area contributed by atoms with Gasteiger partial charge in [-0.05, 0) is 62.1 Å². The van der Waals surface area contributed by atoms with Crippen molar-refractivity contribution in [2.45, 2.75) is 45.9 Å². The van der Waals surface area contributed by atoms with Gasteiger partial charge in [0, 0.05) is 11.6 Å². The number of rotatable bonds is 7. The topological polar surface area (TPSA) is 65.4 Å². The number of hydrogen-bond acceptors (Lipinski definition) is 4. The Morgan fingerprint density at radius 3 is 2.80 bits per heavy atom. The zero-order valence-electron chi connectivity index (χ0n) is 17.3. The molecule has 1 aromatic heterocycles. The number of aryl methyl sites for hydroxylation is 2. The van der Waals surface area contributed by atoms with Crippen molar-refractivity contribution in [3.63, 3.8) is 0 Å². The fraction of sp³-hybridized carbons (Fsp3) is 0.391. The molecular weight excluding hydrogens is 402 g/mol. The second kappa shape index (κ2) is 9.06. The molecule has 30 heavy (non-hydrogen) atoms. The number of para-hydroxylation sites is 2. The summed E-state index contributed by atoms with van der Waals surface area (Å²) in [4.78, 5) is 17.0. The van der Waals surface area contributed by atoms with Gasteiger partial charge in [-0.2, -0.15) is 0 Å². The largest absolute Gasteiger partial charge is 0.492 e. The number of halogens is 1.